The monoisotopic (exact) mass is 1200 g/mol. The van der Waals surface area contributed by atoms with Crippen molar-refractivity contribution in [1.29, 1.82) is 0 Å². The summed E-state index contributed by atoms with van der Waals surface area (Å²) in [6.45, 7) is 6.84. The number of nitrogens with one attached hydrogen (secondary N) is 1. The summed E-state index contributed by atoms with van der Waals surface area (Å²) < 4.78 is 30.8. The summed E-state index contributed by atoms with van der Waals surface area (Å²) >= 11 is 0. The van der Waals surface area contributed by atoms with Crippen molar-refractivity contribution in [2.45, 2.75) is 290 Å². The minimum absolute atomic E-state index is 0.0278. The van der Waals surface area contributed by atoms with E-state index in [0.717, 1.165) is 154 Å². The maximum absolute atomic E-state index is 13.6. The van der Waals surface area contributed by atoms with Gasteiger partial charge in [0.2, 0.25) is 5.91 Å². The van der Waals surface area contributed by atoms with E-state index in [-0.39, 0.29) is 31.5 Å². The third kappa shape index (κ3) is 64.5. The van der Waals surface area contributed by atoms with Crippen molar-refractivity contribution < 1.29 is 37.3 Å². The van der Waals surface area contributed by atoms with Crippen LogP contribution in [-0.4, -0.2) is 74.3 Å². The quantitative estimate of drug-likeness (QED) is 0.0205. The predicted octanol–water partition coefficient (Wildman–Crippen LogP) is 22.0. The van der Waals surface area contributed by atoms with E-state index < -0.39 is 20.0 Å². The van der Waals surface area contributed by atoms with Gasteiger partial charge >= 0.3 is 13.8 Å². The molecule has 0 saturated heterocycles. The number of carbonyl (C=O) groups excluding carboxylic acids is 2. The van der Waals surface area contributed by atoms with Gasteiger partial charge in [-0.1, -0.05) is 270 Å². The van der Waals surface area contributed by atoms with Gasteiger partial charge < -0.3 is 19.4 Å². The number of nitrogens with zero attached hydrogens (tertiary/aromatic N) is 1. The van der Waals surface area contributed by atoms with Gasteiger partial charge in [-0.3, -0.25) is 18.6 Å². The normalized spacial score (nSPS) is 14.4. The van der Waals surface area contributed by atoms with E-state index in [4.69, 9.17) is 13.8 Å². The van der Waals surface area contributed by atoms with E-state index in [2.05, 4.69) is 148 Å². The molecule has 0 aliphatic heterocycles. The third-order valence-corrected chi connectivity index (χ3v) is 15.6. The minimum atomic E-state index is -4.47. The number of esters is 1. The summed E-state index contributed by atoms with van der Waals surface area (Å²) in [5, 5.41) is 3.05. The summed E-state index contributed by atoms with van der Waals surface area (Å²) in [6.07, 6.45) is 90.3. The first-order valence-corrected chi connectivity index (χ1v) is 36.0. The second-order valence-electron chi connectivity index (χ2n) is 24.0. The molecular formula is C75H130N2O7P+. The number of amides is 1. The molecule has 0 aliphatic carbocycles. The Hall–Kier alpha value is -3.85. The number of unbranched alkanes of at least 4 members (excludes halogenated alkanes) is 25. The Balaban J connectivity index is 5.16. The molecule has 0 radical (unpaired) electrons. The average Bonchev–Trinajstić information content (AvgIpc) is 3.64. The molecule has 3 atom stereocenters. The van der Waals surface area contributed by atoms with E-state index in [0.29, 0.717) is 17.4 Å². The second-order valence-corrected chi connectivity index (χ2v) is 25.4. The lowest BCUT2D eigenvalue weighted by Crippen LogP contribution is -2.47. The van der Waals surface area contributed by atoms with Crippen LogP contribution in [0.1, 0.15) is 278 Å². The van der Waals surface area contributed by atoms with Crippen LogP contribution in [0.5, 0.6) is 0 Å². The lowest BCUT2D eigenvalue weighted by molar-refractivity contribution is -0.870. The summed E-state index contributed by atoms with van der Waals surface area (Å²) in [6, 6.07) is -0.872. The van der Waals surface area contributed by atoms with Crippen LogP contribution in [0, 0.1) is 0 Å². The molecular weight excluding hydrogens is 1070 g/mol. The Morgan fingerprint density at radius 1 is 0.424 bits per heavy atom. The van der Waals surface area contributed by atoms with Crippen LogP contribution in [0.15, 0.2) is 134 Å². The molecule has 0 fully saturated rings. The van der Waals surface area contributed by atoms with E-state index in [1.54, 1.807) is 0 Å². The number of phosphoric ester groups is 1. The molecule has 0 spiro atoms. The van der Waals surface area contributed by atoms with Gasteiger partial charge in [-0.05, 0) is 128 Å². The fraction of sp³-hybridized carbons (Fsp3) is 0.680. The highest BCUT2D eigenvalue weighted by Gasteiger charge is 2.30. The zero-order chi connectivity index (χ0) is 62.1. The zero-order valence-electron chi connectivity index (χ0n) is 55.6. The minimum Gasteiger partial charge on any atom is -0.456 e. The average molecular weight is 1200 g/mol. The van der Waals surface area contributed by atoms with Crippen LogP contribution < -0.4 is 5.32 Å². The molecule has 0 rings (SSSR count). The molecule has 9 nitrogen and oxygen atoms in total. The molecule has 0 aromatic rings. The van der Waals surface area contributed by atoms with Gasteiger partial charge in [-0.25, -0.2) is 4.57 Å². The summed E-state index contributed by atoms with van der Waals surface area (Å²) in [5.41, 5.74) is 0. The fourth-order valence-corrected chi connectivity index (χ4v) is 10.0. The van der Waals surface area contributed by atoms with Crippen molar-refractivity contribution in [2.75, 3.05) is 40.9 Å². The summed E-state index contributed by atoms with van der Waals surface area (Å²) in [4.78, 5) is 37.9. The molecule has 0 bridgehead atoms. The van der Waals surface area contributed by atoms with Gasteiger partial charge in [-0.15, -0.1) is 0 Å². The van der Waals surface area contributed by atoms with Crippen LogP contribution in [0.3, 0.4) is 0 Å². The van der Waals surface area contributed by atoms with Crippen LogP contribution in [-0.2, 0) is 27.9 Å². The maximum atomic E-state index is 13.6. The first-order valence-electron chi connectivity index (χ1n) is 34.5. The van der Waals surface area contributed by atoms with Gasteiger partial charge in [0.15, 0.2) is 0 Å². The highest BCUT2D eigenvalue weighted by Crippen LogP contribution is 2.43. The lowest BCUT2D eigenvalue weighted by atomic mass is 10.1. The van der Waals surface area contributed by atoms with Crippen LogP contribution >= 0.6 is 7.82 Å². The molecule has 0 heterocycles. The molecule has 3 unspecified atom stereocenters. The molecule has 0 aliphatic rings. The molecule has 10 heteroatoms. The van der Waals surface area contributed by atoms with Crippen molar-refractivity contribution in [3.63, 3.8) is 0 Å². The van der Waals surface area contributed by atoms with E-state index in [9.17, 15) is 19.0 Å². The predicted molar refractivity (Wildman–Crippen MR) is 369 cm³/mol. The topological polar surface area (TPSA) is 111 Å². The Labute approximate surface area is 524 Å². The first-order chi connectivity index (χ1) is 41.4. The number of allylic oxidation sites excluding steroid dienone is 21. The van der Waals surface area contributed by atoms with Crippen LogP contribution in [0.2, 0.25) is 0 Å². The van der Waals surface area contributed by atoms with Crippen molar-refractivity contribution in [3.05, 3.63) is 134 Å². The molecule has 1 amide bonds. The Kier molecular flexibility index (Phi) is 60.3. The van der Waals surface area contributed by atoms with E-state index in [1.165, 1.54) is 89.9 Å². The Morgan fingerprint density at radius 3 is 1.15 bits per heavy atom. The molecule has 0 aromatic heterocycles. The number of quaternary nitrogens is 1. The largest absolute Gasteiger partial charge is 0.472 e. The number of hydrogen-bond donors (Lipinski definition) is 2. The molecule has 2 N–H and O–H groups in total. The molecule has 0 aromatic carbocycles. The number of phosphoric acid groups is 1. The van der Waals surface area contributed by atoms with E-state index >= 15 is 0 Å². The standard InChI is InChI=1S/C75H129N2O7P/c1-7-10-13-16-19-22-25-27-29-31-33-35-37-38-40-41-43-45-47-49-52-55-58-61-64-67-74(78)76-72(71-83-85(80,81)82-70-69-77(4,5)6)73(66-63-60-57-54-51-24-21-18-15-12-9-3)84-75(79)68-65-62-59-56-53-50-48-46-44-42-39-36-34-32-30-28-26-23-20-17-14-11-8-2/h10,13,19-20,22-23,27-30,33-36,38,40,42-45,63,66,72-73H,7-9,11-12,14-18,21,24-26,31-32,37,39,41,46-62,64-65,67-71H2,1-6H3,(H-,76,78,80,81)/p+1/b13-10-,22-19-,23-20-,29-27-,30-28-,35-33-,36-34-,40-38-,44-42-,45-43-,66-63+. The number of likely N-dealkylation sites (N-methyl/N-ethyl adjacent to an activating group) is 1. The maximum Gasteiger partial charge on any atom is 0.472 e. The summed E-state index contributed by atoms with van der Waals surface area (Å²) in [7, 11) is 1.46. The van der Waals surface area contributed by atoms with Crippen molar-refractivity contribution in [3.8, 4) is 0 Å². The van der Waals surface area contributed by atoms with Crippen molar-refractivity contribution >= 4 is 19.7 Å². The number of hydrogen-bond acceptors (Lipinski definition) is 6. The second kappa shape index (κ2) is 63.2. The smallest absolute Gasteiger partial charge is 0.456 e. The van der Waals surface area contributed by atoms with E-state index in [1.807, 2.05) is 33.3 Å². The number of ether oxygens (including phenoxy) is 1. The Bertz CT molecular complexity index is 1920. The van der Waals surface area contributed by atoms with Gasteiger partial charge in [0, 0.05) is 12.8 Å². The molecule has 486 valence electrons. The third-order valence-electron chi connectivity index (χ3n) is 14.6. The van der Waals surface area contributed by atoms with Gasteiger partial charge in [-0.2, -0.15) is 0 Å². The lowest BCUT2D eigenvalue weighted by Gasteiger charge is -2.27. The van der Waals surface area contributed by atoms with Crippen molar-refractivity contribution in [1.82, 2.24) is 5.32 Å². The zero-order valence-corrected chi connectivity index (χ0v) is 56.4. The molecule has 85 heavy (non-hydrogen) atoms. The highest BCUT2D eigenvalue weighted by atomic mass is 31.2. The highest BCUT2D eigenvalue weighted by molar-refractivity contribution is 7.47. The van der Waals surface area contributed by atoms with Gasteiger partial charge in [0.25, 0.3) is 0 Å². The van der Waals surface area contributed by atoms with Gasteiger partial charge in [0.05, 0.1) is 33.8 Å². The summed E-state index contributed by atoms with van der Waals surface area (Å²) in [5.74, 6) is -0.541. The van der Waals surface area contributed by atoms with Crippen LogP contribution in [0.25, 0.3) is 0 Å². The first kappa shape index (κ1) is 81.2. The Morgan fingerprint density at radius 2 is 0.753 bits per heavy atom. The van der Waals surface area contributed by atoms with Crippen LogP contribution in [0.4, 0.5) is 0 Å². The number of carbonyl (C=O) groups is 2. The fourth-order valence-electron chi connectivity index (χ4n) is 9.28. The number of rotatable bonds is 61. The molecule has 0 saturated carbocycles. The van der Waals surface area contributed by atoms with Gasteiger partial charge in [0.1, 0.15) is 19.3 Å². The SMILES string of the molecule is CC/C=C\C/C=C\C/C=C\C/C=C\C/C=C\C/C=C\CCCCCCCCC(=O)NC(COP(=O)(O)OCC[N+](C)(C)C)C(/C=C/CCCCCCCCCCC)OC(=O)CCCCCCCCC/C=C\C/C=C\C/C=C\C/C=C\CCCCC. The van der Waals surface area contributed by atoms with Crippen molar-refractivity contribution in [2.24, 2.45) is 0 Å².